The molecule has 1 fully saturated rings. The van der Waals surface area contributed by atoms with E-state index in [4.69, 9.17) is 12.2 Å². The highest BCUT2D eigenvalue weighted by atomic mass is 32.1. The molecule has 5 nitrogen and oxygen atoms in total. The molecule has 6 heteroatoms. The van der Waals surface area contributed by atoms with Crippen LogP contribution < -0.4 is 5.56 Å². The van der Waals surface area contributed by atoms with Crippen molar-refractivity contribution < 1.29 is 0 Å². The average Bonchev–Trinajstić information content (AvgIpc) is 2.92. The molecule has 1 saturated heterocycles. The van der Waals surface area contributed by atoms with Crippen molar-refractivity contribution in [1.29, 1.82) is 0 Å². The molecule has 0 bridgehead atoms. The average molecular weight is 276 g/mol. The summed E-state index contributed by atoms with van der Waals surface area (Å²) in [4.78, 5) is 21.9. The second-order valence-corrected chi connectivity index (χ2v) is 5.22. The highest BCUT2D eigenvalue weighted by Gasteiger charge is 2.12. The maximum absolute atomic E-state index is 12.4. The molecule has 0 aromatic carbocycles. The van der Waals surface area contributed by atoms with Crippen molar-refractivity contribution in [3.63, 3.8) is 0 Å². The smallest absolute Gasteiger partial charge is 0.263 e. The van der Waals surface area contributed by atoms with Gasteiger partial charge in [0, 0.05) is 19.3 Å². The summed E-state index contributed by atoms with van der Waals surface area (Å²) in [5.41, 5.74) is 0.515. The summed E-state index contributed by atoms with van der Waals surface area (Å²) in [6, 6.07) is 3.55. The van der Waals surface area contributed by atoms with E-state index < -0.39 is 0 Å². The van der Waals surface area contributed by atoms with Gasteiger partial charge in [-0.05, 0) is 50.3 Å². The van der Waals surface area contributed by atoms with E-state index in [1.165, 1.54) is 12.8 Å². The minimum Gasteiger partial charge on any atom is -0.316 e. The van der Waals surface area contributed by atoms with Crippen LogP contribution in [0.15, 0.2) is 23.1 Å². The van der Waals surface area contributed by atoms with Gasteiger partial charge < -0.3 is 9.88 Å². The lowest BCUT2D eigenvalue weighted by Crippen LogP contribution is -2.30. The van der Waals surface area contributed by atoms with Gasteiger partial charge in [-0.15, -0.1) is 0 Å². The quantitative estimate of drug-likeness (QED) is 0.864. The molecule has 0 saturated carbocycles. The topological polar surface area (TPSA) is 53.9 Å². The Morgan fingerprint density at radius 2 is 2.11 bits per heavy atom. The van der Waals surface area contributed by atoms with Crippen LogP contribution in [0.5, 0.6) is 0 Å². The minimum absolute atomic E-state index is 0.0500. The molecule has 0 unspecified atom stereocenters. The number of aromatic nitrogens is 3. The van der Waals surface area contributed by atoms with Crippen LogP contribution in [-0.2, 0) is 6.54 Å². The molecule has 0 radical (unpaired) electrons. The third kappa shape index (κ3) is 2.46. The predicted molar refractivity (Wildman–Crippen MR) is 76.9 cm³/mol. The number of likely N-dealkylation sites (tertiary alicyclic amines) is 1. The predicted octanol–water partition coefficient (Wildman–Crippen LogP) is 1.55. The lowest BCUT2D eigenvalue weighted by atomic mass is 10.3. The molecule has 0 aliphatic carbocycles. The number of nitrogens with zero attached hydrogens (tertiary/aromatic N) is 3. The van der Waals surface area contributed by atoms with Crippen molar-refractivity contribution in [2.24, 2.45) is 0 Å². The lowest BCUT2D eigenvalue weighted by Gasteiger charge is -2.15. The third-order valence-electron chi connectivity index (χ3n) is 3.59. The number of nitrogens with one attached hydrogen (secondary N) is 1. The highest BCUT2D eigenvalue weighted by molar-refractivity contribution is 7.71. The second kappa shape index (κ2) is 5.22. The molecule has 2 aromatic rings. The van der Waals surface area contributed by atoms with E-state index in [9.17, 15) is 4.79 Å². The molecule has 19 heavy (non-hydrogen) atoms. The van der Waals surface area contributed by atoms with E-state index >= 15 is 0 Å². The van der Waals surface area contributed by atoms with Crippen molar-refractivity contribution >= 4 is 23.3 Å². The first-order valence-electron chi connectivity index (χ1n) is 6.56. The summed E-state index contributed by atoms with van der Waals surface area (Å²) in [5.74, 6) is 0. The van der Waals surface area contributed by atoms with Gasteiger partial charge in [0.1, 0.15) is 5.65 Å². The zero-order chi connectivity index (χ0) is 13.2. The van der Waals surface area contributed by atoms with E-state index in [1.807, 2.05) is 0 Å². The SMILES string of the molecule is O=c1c2cccnc2[nH]c(=S)n1CCN1CCCC1. The maximum Gasteiger partial charge on any atom is 0.263 e. The molecule has 0 atom stereocenters. The number of H-pyrrole nitrogens is 1. The number of rotatable bonds is 3. The first-order chi connectivity index (χ1) is 9.25. The van der Waals surface area contributed by atoms with Crippen molar-refractivity contribution in [2.45, 2.75) is 19.4 Å². The zero-order valence-electron chi connectivity index (χ0n) is 10.6. The van der Waals surface area contributed by atoms with Gasteiger partial charge in [-0.1, -0.05) is 0 Å². The summed E-state index contributed by atoms with van der Waals surface area (Å²) >= 11 is 5.26. The van der Waals surface area contributed by atoms with Crippen LogP contribution in [0.25, 0.3) is 11.0 Å². The molecule has 0 amide bonds. The van der Waals surface area contributed by atoms with Crippen LogP contribution >= 0.6 is 12.2 Å². The van der Waals surface area contributed by atoms with Gasteiger partial charge in [0.25, 0.3) is 5.56 Å². The molecule has 1 aliphatic rings. The molecular formula is C13H16N4OS. The zero-order valence-corrected chi connectivity index (χ0v) is 11.4. The normalized spacial score (nSPS) is 16.2. The fraction of sp³-hybridized carbons (Fsp3) is 0.462. The lowest BCUT2D eigenvalue weighted by molar-refractivity contribution is 0.319. The van der Waals surface area contributed by atoms with E-state index in [1.54, 1.807) is 22.9 Å². The highest BCUT2D eigenvalue weighted by Crippen LogP contribution is 2.07. The van der Waals surface area contributed by atoms with Crippen molar-refractivity contribution in [3.8, 4) is 0 Å². The van der Waals surface area contributed by atoms with Gasteiger partial charge in [0.15, 0.2) is 4.77 Å². The summed E-state index contributed by atoms with van der Waals surface area (Å²) in [7, 11) is 0. The Hall–Kier alpha value is -1.53. The standard InChI is InChI=1S/C13H16N4OS/c18-12-10-4-3-5-14-11(10)15-13(19)17(12)9-8-16-6-1-2-7-16/h3-5H,1-2,6-9H2,(H,14,15,19). The van der Waals surface area contributed by atoms with Crippen LogP contribution in [0.2, 0.25) is 0 Å². The molecule has 3 rings (SSSR count). The number of hydrogen-bond donors (Lipinski definition) is 1. The largest absolute Gasteiger partial charge is 0.316 e. The van der Waals surface area contributed by atoms with Gasteiger partial charge in [-0.3, -0.25) is 9.36 Å². The van der Waals surface area contributed by atoms with E-state index in [0.29, 0.717) is 22.3 Å². The first kappa shape index (κ1) is 12.5. The van der Waals surface area contributed by atoms with Crippen molar-refractivity contribution in [3.05, 3.63) is 33.5 Å². The molecule has 1 N–H and O–H groups in total. The molecule has 1 aliphatic heterocycles. The number of aromatic amines is 1. The summed E-state index contributed by atoms with van der Waals surface area (Å²) in [6.07, 6.45) is 4.16. The number of pyridine rings is 1. The number of hydrogen-bond acceptors (Lipinski definition) is 4. The molecule has 3 heterocycles. The van der Waals surface area contributed by atoms with E-state index in [-0.39, 0.29) is 5.56 Å². The van der Waals surface area contributed by atoms with Crippen molar-refractivity contribution in [1.82, 2.24) is 19.4 Å². The van der Waals surface area contributed by atoms with Gasteiger partial charge in [-0.25, -0.2) is 4.98 Å². The van der Waals surface area contributed by atoms with Crippen LogP contribution in [0.3, 0.4) is 0 Å². The summed E-state index contributed by atoms with van der Waals surface area (Å²) < 4.78 is 2.09. The monoisotopic (exact) mass is 276 g/mol. The van der Waals surface area contributed by atoms with Gasteiger partial charge in [-0.2, -0.15) is 0 Å². The summed E-state index contributed by atoms with van der Waals surface area (Å²) in [6.45, 7) is 3.77. The third-order valence-corrected chi connectivity index (χ3v) is 3.91. The molecule has 100 valence electrons. The number of fused-ring (bicyclic) bond motifs is 1. The molecule has 2 aromatic heterocycles. The fourth-order valence-corrected chi connectivity index (χ4v) is 2.81. The van der Waals surface area contributed by atoms with Gasteiger partial charge >= 0.3 is 0 Å². The van der Waals surface area contributed by atoms with E-state index in [2.05, 4.69) is 14.9 Å². The second-order valence-electron chi connectivity index (χ2n) is 4.84. The molecular weight excluding hydrogens is 260 g/mol. The Kier molecular flexibility index (Phi) is 3.44. The Morgan fingerprint density at radius 3 is 2.89 bits per heavy atom. The van der Waals surface area contributed by atoms with Crippen LogP contribution in [0.1, 0.15) is 12.8 Å². The van der Waals surface area contributed by atoms with Gasteiger partial charge in [0.05, 0.1) is 5.39 Å². The Bertz CT molecular complexity index is 700. The Morgan fingerprint density at radius 1 is 1.32 bits per heavy atom. The van der Waals surface area contributed by atoms with Crippen LogP contribution in [0.4, 0.5) is 0 Å². The Labute approximate surface area is 115 Å². The summed E-state index contributed by atoms with van der Waals surface area (Å²) in [5, 5.41) is 0.595. The van der Waals surface area contributed by atoms with Crippen LogP contribution in [0, 0.1) is 4.77 Å². The van der Waals surface area contributed by atoms with Crippen molar-refractivity contribution in [2.75, 3.05) is 19.6 Å². The van der Waals surface area contributed by atoms with Gasteiger partial charge in [0.2, 0.25) is 0 Å². The Balaban J connectivity index is 1.94. The minimum atomic E-state index is -0.0500. The first-order valence-corrected chi connectivity index (χ1v) is 6.97. The maximum atomic E-state index is 12.4. The van der Waals surface area contributed by atoms with E-state index in [0.717, 1.165) is 19.6 Å². The molecule has 0 spiro atoms. The fourth-order valence-electron chi connectivity index (χ4n) is 2.53. The van der Waals surface area contributed by atoms with Crippen LogP contribution in [-0.4, -0.2) is 39.1 Å².